The molecule has 1 fully saturated rings. The SMILES string of the molecule is O=S(=O)(Nc1cccc(Cl)n1)N1CCNCC1. The van der Waals surface area contributed by atoms with Crippen molar-refractivity contribution >= 4 is 27.6 Å². The lowest BCUT2D eigenvalue weighted by molar-refractivity contribution is 0.362. The van der Waals surface area contributed by atoms with E-state index in [1.165, 1.54) is 4.31 Å². The van der Waals surface area contributed by atoms with E-state index in [1.54, 1.807) is 18.2 Å². The van der Waals surface area contributed by atoms with E-state index in [0.717, 1.165) is 0 Å². The van der Waals surface area contributed by atoms with E-state index < -0.39 is 10.2 Å². The molecule has 2 heterocycles. The number of halogens is 1. The summed E-state index contributed by atoms with van der Waals surface area (Å²) in [5.41, 5.74) is 0. The molecule has 2 rings (SSSR count). The minimum Gasteiger partial charge on any atom is -0.314 e. The van der Waals surface area contributed by atoms with Gasteiger partial charge in [-0.05, 0) is 12.1 Å². The maximum absolute atomic E-state index is 12.0. The third-order valence-corrected chi connectivity index (χ3v) is 4.09. The smallest absolute Gasteiger partial charge is 0.302 e. The van der Waals surface area contributed by atoms with Gasteiger partial charge in [-0.15, -0.1) is 0 Å². The van der Waals surface area contributed by atoms with E-state index in [2.05, 4.69) is 15.0 Å². The summed E-state index contributed by atoms with van der Waals surface area (Å²) in [5, 5.41) is 3.34. The molecule has 0 atom stereocenters. The van der Waals surface area contributed by atoms with E-state index in [1.807, 2.05) is 0 Å². The molecule has 0 aromatic carbocycles. The Hall–Kier alpha value is -0.890. The average Bonchev–Trinajstić information content (AvgIpc) is 2.29. The molecule has 0 spiro atoms. The largest absolute Gasteiger partial charge is 0.314 e. The Kier molecular flexibility index (Phi) is 3.82. The number of aromatic nitrogens is 1. The van der Waals surface area contributed by atoms with Crippen LogP contribution in [0.5, 0.6) is 0 Å². The van der Waals surface area contributed by atoms with Gasteiger partial charge in [0.05, 0.1) is 0 Å². The van der Waals surface area contributed by atoms with Crippen molar-refractivity contribution in [3.05, 3.63) is 23.4 Å². The summed E-state index contributed by atoms with van der Waals surface area (Å²) in [6, 6.07) is 4.79. The minimum absolute atomic E-state index is 0.232. The van der Waals surface area contributed by atoms with E-state index in [0.29, 0.717) is 26.2 Å². The second-order valence-corrected chi connectivity index (χ2v) is 5.66. The molecule has 0 amide bonds. The summed E-state index contributed by atoms with van der Waals surface area (Å²) in [5.74, 6) is 0.232. The van der Waals surface area contributed by atoms with Gasteiger partial charge in [0.1, 0.15) is 11.0 Å². The van der Waals surface area contributed by atoms with E-state index >= 15 is 0 Å². The zero-order chi connectivity index (χ0) is 12.3. The molecule has 0 bridgehead atoms. The van der Waals surface area contributed by atoms with Crippen molar-refractivity contribution in [2.45, 2.75) is 0 Å². The minimum atomic E-state index is -3.53. The zero-order valence-electron chi connectivity index (χ0n) is 9.06. The van der Waals surface area contributed by atoms with Crippen LogP contribution in [0.2, 0.25) is 5.15 Å². The van der Waals surface area contributed by atoms with Crippen molar-refractivity contribution < 1.29 is 8.42 Å². The maximum Gasteiger partial charge on any atom is 0.302 e. The third-order valence-electron chi connectivity index (χ3n) is 2.36. The van der Waals surface area contributed by atoms with Crippen LogP contribution in [0.3, 0.4) is 0 Å². The van der Waals surface area contributed by atoms with Crippen LogP contribution in [0.4, 0.5) is 5.82 Å². The van der Waals surface area contributed by atoms with Crippen molar-refractivity contribution in [3.8, 4) is 0 Å². The average molecular weight is 277 g/mol. The Morgan fingerprint density at radius 2 is 2.06 bits per heavy atom. The van der Waals surface area contributed by atoms with Crippen molar-refractivity contribution in [3.63, 3.8) is 0 Å². The fraction of sp³-hybridized carbons (Fsp3) is 0.444. The van der Waals surface area contributed by atoms with E-state index in [9.17, 15) is 8.42 Å². The fourth-order valence-corrected chi connectivity index (χ4v) is 2.88. The highest BCUT2D eigenvalue weighted by Gasteiger charge is 2.23. The Morgan fingerprint density at radius 3 is 2.71 bits per heavy atom. The number of rotatable bonds is 3. The molecule has 2 N–H and O–H groups in total. The highest BCUT2D eigenvalue weighted by molar-refractivity contribution is 7.90. The third kappa shape index (κ3) is 3.29. The number of nitrogens with one attached hydrogen (secondary N) is 2. The van der Waals surface area contributed by atoms with Gasteiger partial charge in [-0.2, -0.15) is 12.7 Å². The van der Waals surface area contributed by atoms with Crippen LogP contribution >= 0.6 is 11.6 Å². The lowest BCUT2D eigenvalue weighted by atomic mass is 10.4. The van der Waals surface area contributed by atoms with Crippen LogP contribution < -0.4 is 10.0 Å². The molecule has 0 saturated carbocycles. The van der Waals surface area contributed by atoms with Gasteiger partial charge in [0.25, 0.3) is 0 Å². The first kappa shape index (κ1) is 12.6. The van der Waals surface area contributed by atoms with Crippen molar-refractivity contribution in [1.82, 2.24) is 14.6 Å². The van der Waals surface area contributed by atoms with Gasteiger partial charge in [-0.3, -0.25) is 4.72 Å². The lowest BCUT2D eigenvalue weighted by Crippen LogP contribution is -2.48. The van der Waals surface area contributed by atoms with Gasteiger partial charge < -0.3 is 5.32 Å². The number of nitrogens with zero attached hydrogens (tertiary/aromatic N) is 2. The monoisotopic (exact) mass is 276 g/mol. The van der Waals surface area contributed by atoms with Gasteiger partial charge in [0.15, 0.2) is 0 Å². The summed E-state index contributed by atoms with van der Waals surface area (Å²) in [6.45, 7) is 2.22. The van der Waals surface area contributed by atoms with E-state index in [-0.39, 0.29) is 11.0 Å². The maximum atomic E-state index is 12.0. The second kappa shape index (κ2) is 5.18. The quantitative estimate of drug-likeness (QED) is 0.779. The number of piperazine rings is 1. The molecule has 6 nitrogen and oxygen atoms in total. The molecule has 1 aromatic rings. The summed E-state index contributed by atoms with van der Waals surface area (Å²) < 4.78 is 27.7. The van der Waals surface area contributed by atoms with Crippen LogP contribution in [-0.2, 0) is 10.2 Å². The van der Waals surface area contributed by atoms with Crippen molar-refractivity contribution in [2.24, 2.45) is 0 Å². The molecule has 0 aliphatic carbocycles. The molecular weight excluding hydrogens is 264 g/mol. The molecule has 1 aliphatic rings. The number of hydrogen-bond acceptors (Lipinski definition) is 4. The van der Waals surface area contributed by atoms with Crippen molar-refractivity contribution in [2.75, 3.05) is 30.9 Å². The summed E-state index contributed by atoms with van der Waals surface area (Å²) in [4.78, 5) is 3.89. The molecule has 17 heavy (non-hydrogen) atoms. The van der Waals surface area contributed by atoms with Gasteiger partial charge in [0.2, 0.25) is 0 Å². The first-order valence-electron chi connectivity index (χ1n) is 5.19. The normalized spacial score (nSPS) is 17.9. The molecule has 94 valence electrons. The first-order valence-corrected chi connectivity index (χ1v) is 7.01. The molecule has 8 heteroatoms. The Morgan fingerprint density at radius 1 is 1.35 bits per heavy atom. The van der Waals surface area contributed by atoms with Crippen LogP contribution in [0, 0.1) is 0 Å². The molecule has 0 radical (unpaired) electrons. The zero-order valence-corrected chi connectivity index (χ0v) is 10.6. The van der Waals surface area contributed by atoms with Crippen molar-refractivity contribution in [1.29, 1.82) is 0 Å². The molecule has 1 aromatic heterocycles. The van der Waals surface area contributed by atoms with Crippen LogP contribution in [0.15, 0.2) is 18.2 Å². The molecule has 1 aliphatic heterocycles. The highest BCUT2D eigenvalue weighted by Crippen LogP contribution is 2.12. The summed E-state index contributed by atoms with van der Waals surface area (Å²) >= 11 is 5.69. The van der Waals surface area contributed by atoms with E-state index in [4.69, 9.17) is 11.6 Å². The first-order chi connectivity index (χ1) is 8.08. The van der Waals surface area contributed by atoms with Gasteiger partial charge in [-0.1, -0.05) is 17.7 Å². The Balaban J connectivity index is 2.11. The topological polar surface area (TPSA) is 74.3 Å². The fourth-order valence-electron chi connectivity index (χ4n) is 1.55. The van der Waals surface area contributed by atoms with Crippen LogP contribution in [0.1, 0.15) is 0 Å². The predicted octanol–water partition coefficient (Wildman–Crippen LogP) is 0.297. The Labute approximate surface area is 105 Å². The number of pyridine rings is 1. The summed E-state index contributed by atoms with van der Waals surface area (Å²) in [6.07, 6.45) is 0. The lowest BCUT2D eigenvalue weighted by Gasteiger charge is -2.26. The molecule has 0 unspecified atom stereocenters. The summed E-state index contributed by atoms with van der Waals surface area (Å²) in [7, 11) is -3.53. The van der Waals surface area contributed by atoms with Crippen LogP contribution in [0.25, 0.3) is 0 Å². The highest BCUT2D eigenvalue weighted by atomic mass is 35.5. The van der Waals surface area contributed by atoms with Crippen LogP contribution in [-0.4, -0.2) is 43.9 Å². The number of hydrogen-bond donors (Lipinski definition) is 2. The molecule has 1 saturated heterocycles. The second-order valence-electron chi connectivity index (χ2n) is 3.60. The van der Waals surface area contributed by atoms with Gasteiger partial charge in [0, 0.05) is 26.2 Å². The predicted molar refractivity (Wildman–Crippen MR) is 66.2 cm³/mol. The van der Waals surface area contributed by atoms with Gasteiger partial charge >= 0.3 is 10.2 Å². The number of anilines is 1. The standard InChI is InChI=1S/C9H13ClN4O2S/c10-8-2-1-3-9(12-8)13-17(15,16)14-6-4-11-5-7-14/h1-3,11H,4-7H2,(H,12,13). The Bertz CT molecular complexity index is 488. The molecular formula is C9H13ClN4O2S. The van der Waals surface area contributed by atoms with Gasteiger partial charge in [-0.25, -0.2) is 4.98 Å².